The van der Waals surface area contributed by atoms with E-state index in [1.807, 2.05) is 91.0 Å². The molecule has 0 spiro atoms. The highest BCUT2D eigenvalue weighted by Crippen LogP contribution is 2.46. The highest BCUT2D eigenvalue weighted by Gasteiger charge is 2.28. The largest absolute Gasteiger partial charge is 0.419 e. The molecule has 0 amide bonds. The molecular formula is C31H22O4. The Labute approximate surface area is 203 Å². The van der Waals surface area contributed by atoms with Crippen molar-refractivity contribution in [1.29, 1.82) is 0 Å². The summed E-state index contributed by atoms with van der Waals surface area (Å²) < 4.78 is 11.5. The fourth-order valence-corrected chi connectivity index (χ4v) is 4.25. The lowest BCUT2D eigenvalue weighted by atomic mass is 10.0. The maximum atomic E-state index is 13.6. The molecule has 0 N–H and O–H groups in total. The minimum Gasteiger partial charge on any atom is -0.419 e. The van der Waals surface area contributed by atoms with Crippen LogP contribution in [0, 0.1) is 0 Å². The zero-order valence-electron chi connectivity index (χ0n) is 18.9. The molecule has 4 nitrogen and oxygen atoms in total. The van der Waals surface area contributed by atoms with Gasteiger partial charge in [-0.25, -0.2) is 9.59 Å². The van der Waals surface area contributed by atoms with Crippen molar-refractivity contribution in [2.24, 2.45) is 0 Å². The molecular weight excluding hydrogens is 436 g/mol. The average Bonchev–Trinajstić information content (AvgIpc) is 3.28. The molecule has 0 atom stereocenters. The summed E-state index contributed by atoms with van der Waals surface area (Å²) in [4.78, 5) is 25.7. The van der Waals surface area contributed by atoms with E-state index < -0.39 is 11.9 Å². The SMILES string of the molecule is C=CC(=O)Oc1ccc2c(c1OC(=O)/C(=C/c1ccccc1)c1ccccc1)Cc1ccccc1-2. The van der Waals surface area contributed by atoms with Gasteiger partial charge in [0.05, 0.1) is 5.57 Å². The number of hydrogen-bond acceptors (Lipinski definition) is 4. The molecule has 1 aliphatic carbocycles. The van der Waals surface area contributed by atoms with Gasteiger partial charge in [-0.05, 0) is 40.0 Å². The van der Waals surface area contributed by atoms with Crippen LogP contribution in [0.5, 0.6) is 11.5 Å². The van der Waals surface area contributed by atoms with Crippen molar-refractivity contribution in [2.45, 2.75) is 6.42 Å². The normalized spacial score (nSPS) is 11.8. The second-order valence-corrected chi connectivity index (χ2v) is 8.10. The van der Waals surface area contributed by atoms with Gasteiger partial charge in [-0.3, -0.25) is 0 Å². The summed E-state index contributed by atoms with van der Waals surface area (Å²) in [6.45, 7) is 3.48. The van der Waals surface area contributed by atoms with Crippen LogP contribution in [-0.2, 0) is 16.0 Å². The lowest BCUT2D eigenvalue weighted by molar-refractivity contribution is -0.131. The van der Waals surface area contributed by atoms with Crippen molar-refractivity contribution in [3.63, 3.8) is 0 Å². The summed E-state index contributed by atoms with van der Waals surface area (Å²) in [5.74, 6) is -0.739. The number of benzene rings is 4. The van der Waals surface area contributed by atoms with Gasteiger partial charge < -0.3 is 9.47 Å². The topological polar surface area (TPSA) is 52.6 Å². The first-order valence-corrected chi connectivity index (χ1v) is 11.3. The van der Waals surface area contributed by atoms with Crippen molar-refractivity contribution < 1.29 is 19.1 Å². The predicted octanol–water partition coefficient (Wildman–Crippen LogP) is 6.50. The van der Waals surface area contributed by atoms with Gasteiger partial charge in [0.2, 0.25) is 0 Å². The van der Waals surface area contributed by atoms with Crippen molar-refractivity contribution in [3.8, 4) is 22.6 Å². The number of fused-ring (bicyclic) bond motifs is 3. The lowest BCUT2D eigenvalue weighted by Crippen LogP contribution is -2.14. The molecule has 0 unspecified atom stereocenters. The number of carbonyl (C=O) groups is 2. The Bertz CT molecular complexity index is 1450. The van der Waals surface area contributed by atoms with E-state index in [0.29, 0.717) is 12.0 Å². The number of carbonyl (C=O) groups excluding carboxylic acids is 2. The molecule has 0 heterocycles. The van der Waals surface area contributed by atoms with Gasteiger partial charge in [0.25, 0.3) is 0 Å². The first kappa shape index (κ1) is 22.1. The van der Waals surface area contributed by atoms with Crippen molar-refractivity contribution in [3.05, 3.63) is 132 Å². The van der Waals surface area contributed by atoms with Crippen LogP contribution in [0.4, 0.5) is 0 Å². The Hall–Kier alpha value is -4.70. The Morgan fingerprint density at radius 2 is 1.43 bits per heavy atom. The fraction of sp³-hybridized carbons (Fsp3) is 0.0323. The van der Waals surface area contributed by atoms with E-state index in [-0.39, 0.29) is 11.5 Å². The number of rotatable bonds is 6. The summed E-state index contributed by atoms with van der Waals surface area (Å²) in [5.41, 5.74) is 5.94. The van der Waals surface area contributed by atoms with E-state index in [0.717, 1.165) is 39.5 Å². The van der Waals surface area contributed by atoms with Gasteiger partial charge in [-0.1, -0.05) is 97.6 Å². The van der Waals surface area contributed by atoms with E-state index in [4.69, 9.17) is 9.47 Å². The van der Waals surface area contributed by atoms with Gasteiger partial charge in [-0.15, -0.1) is 0 Å². The molecule has 0 bridgehead atoms. The molecule has 0 fully saturated rings. The monoisotopic (exact) mass is 458 g/mol. The molecule has 0 aliphatic heterocycles. The Morgan fingerprint density at radius 1 is 0.743 bits per heavy atom. The Balaban J connectivity index is 1.59. The molecule has 0 saturated carbocycles. The standard InChI is InChI=1S/C31H22O4/c1-2-29(32)34-28-18-17-25-24-16-10-9-15-23(24)20-27(25)30(28)35-31(33)26(22-13-7-4-8-14-22)19-21-11-5-3-6-12-21/h2-19H,1,20H2/b26-19+. The predicted molar refractivity (Wildman–Crippen MR) is 137 cm³/mol. The van der Waals surface area contributed by atoms with Crippen LogP contribution in [-0.4, -0.2) is 11.9 Å². The number of hydrogen-bond donors (Lipinski definition) is 0. The molecule has 170 valence electrons. The third-order valence-electron chi connectivity index (χ3n) is 5.89. The number of ether oxygens (including phenoxy) is 2. The van der Waals surface area contributed by atoms with Crippen molar-refractivity contribution in [2.75, 3.05) is 0 Å². The molecule has 35 heavy (non-hydrogen) atoms. The van der Waals surface area contributed by atoms with Crippen LogP contribution < -0.4 is 9.47 Å². The summed E-state index contributed by atoms with van der Waals surface area (Å²) in [5, 5.41) is 0. The van der Waals surface area contributed by atoms with Crippen molar-refractivity contribution in [1.82, 2.24) is 0 Å². The van der Waals surface area contributed by atoms with E-state index in [1.165, 1.54) is 0 Å². The highest BCUT2D eigenvalue weighted by atomic mass is 16.6. The second-order valence-electron chi connectivity index (χ2n) is 8.10. The van der Waals surface area contributed by atoms with Crippen LogP contribution in [0.1, 0.15) is 22.3 Å². The second kappa shape index (κ2) is 9.65. The van der Waals surface area contributed by atoms with E-state index >= 15 is 0 Å². The summed E-state index contributed by atoms with van der Waals surface area (Å²) >= 11 is 0. The fourth-order valence-electron chi connectivity index (χ4n) is 4.25. The van der Waals surface area contributed by atoms with Crippen molar-refractivity contribution >= 4 is 23.6 Å². The third-order valence-corrected chi connectivity index (χ3v) is 5.89. The zero-order valence-corrected chi connectivity index (χ0v) is 18.9. The van der Waals surface area contributed by atoms with Gasteiger partial charge in [0, 0.05) is 18.1 Å². The van der Waals surface area contributed by atoms with Crippen LogP contribution in [0.2, 0.25) is 0 Å². The van der Waals surface area contributed by atoms with Gasteiger partial charge in [-0.2, -0.15) is 0 Å². The first-order valence-electron chi connectivity index (χ1n) is 11.3. The van der Waals surface area contributed by atoms with E-state index in [1.54, 1.807) is 12.1 Å². The average molecular weight is 459 g/mol. The first-order chi connectivity index (χ1) is 17.1. The molecule has 4 heteroatoms. The molecule has 1 aliphatic rings. The van der Waals surface area contributed by atoms with Crippen LogP contribution in [0.3, 0.4) is 0 Å². The van der Waals surface area contributed by atoms with Gasteiger partial charge in [0.1, 0.15) is 0 Å². The Kier molecular flexibility index (Phi) is 6.10. The molecule has 0 aromatic heterocycles. The van der Waals surface area contributed by atoms with Gasteiger partial charge in [0.15, 0.2) is 11.5 Å². The maximum absolute atomic E-state index is 13.6. The van der Waals surface area contributed by atoms with Gasteiger partial charge >= 0.3 is 11.9 Å². The third kappa shape index (κ3) is 4.55. The molecule has 0 radical (unpaired) electrons. The van der Waals surface area contributed by atoms with Crippen LogP contribution in [0.25, 0.3) is 22.8 Å². The zero-order chi connectivity index (χ0) is 24.2. The van der Waals surface area contributed by atoms with Crippen LogP contribution >= 0.6 is 0 Å². The summed E-state index contributed by atoms with van der Waals surface area (Å²) in [6.07, 6.45) is 3.44. The highest BCUT2D eigenvalue weighted by molar-refractivity contribution is 6.22. The molecule has 5 rings (SSSR count). The van der Waals surface area contributed by atoms with E-state index in [2.05, 4.69) is 6.58 Å². The summed E-state index contributed by atoms with van der Waals surface area (Å²) in [6, 6.07) is 30.5. The molecule has 4 aromatic carbocycles. The van der Waals surface area contributed by atoms with E-state index in [9.17, 15) is 9.59 Å². The lowest BCUT2D eigenvalue weighted by Gasteiger charge is -2.15. The quantitative estimate of drug-likeness (QED) is 0.126. The minimum atomic E-state index is -0.624. The Morgan fingerprint density at radius 3 is 2.17 bits per heavy atom. The number of esters is 2. The smallest absolute Gasteiger partial charge is 0.344 e. The minimum absolute atomic E-state index is 0.182. The van der Waals surface area contributed by atoms with Crippen LogP contribution in [0.15, 0.2) is 110 Å². The maximum Gasteiger partial charge on any atom is 0.344 e. The summed E-state index contributed by atoms with van der Waals surface area (Å²) in [7, 11) is 0. The molecule has 4 aromatic rings. The molecule has 0 saturated heterocycles.